The van der Waals surface area contributed by atoms with E-state index >= 15 is 0 Å². The molecule has 0 aliphatic rings. The molecule has 0 aliphatic heterocycles. The van der Waals surface area contributed by atoms with Gasteiger partial charge in [-0.2, -0.15) is 10.4 Å². The van der Waals surface area contributed by atoms with E-state index in [1.54, 1.807) is 23.9 Å². The Hall–Kier alpha value is -1.80. The summed E-state index contributed by atoms with van der Waals surface area (Å²) in [7, 11) is 1.89. The first-order valence-electron chi connectivity index (χ1n) is 5.42. The molecule has 18 heavy (non-hydrogen) atoms. The van der Waals surface area contributed by atoms with Crippen LogP contribution in [0, 0.1) is 24.1 Å². The standard InChI is InChI=1S/C13H12FN3S/c1-9-5-13(17(2)16-9)18-8-10-3-4-12(14)11(6-10)7-15/h3-6H,8H2,1-2H3. The molecule has 0 spiro atoms. The molecular weight excluding hydrogens is 249 g/mol. The number of rotatable bonds is 3. The van der Waals surface area contributed by atoms with Gasteiger partial charge in [0.15, 0.2) is 0 Å². The van der Waals surface area contributed by atoms with Crippen molar-refractivity contribution in [2.45, 2.75) is 17.7 Å². The Bertz CT molecular complexity index is 613. The summed E-state index contributed by atoms with van der Waals surface area (Å²) < 4.78 is 15.0. The summed E-state index contributed by atoms with van der Waals surface area (Å²) in [6.07, 6.45) is 0. The molecule has 0 N–H and O–H groups in total. The van der Waals surface area contributed by atoms with E-state index in [-0.39, 0.29) is 5.56 Å². The van der Waals surface area contributed by atoms with Crippen LogP contribution in [0.15, 0.2) is 29.3 Å². The molecule has 0 fully saturated rings. The summed E-state index contributed by atoms with van der Waals surface area (Å²) in [5.74, 6) is 0.219. The summed E-state index contributed by atoms with van der Waals surface area (Å²) in [6, 6.07) is 8.47. The van der Waals surface area contributed by atoms with Crippen LogP contribution >= 0.6 is 11.8 Å². The SMILES string of the molecule is Cc1cc(SCc2ccc(F)c(C#N)c2)n(C)n1. The van der Waals surface area contributed by atoms with Gasteiger partial charge in [-0.05, 0) is 30.7 Å². The number of aryl methyl sites for hydroxylation is 2. The fourth-order valence-corrected chi connectivity index (χ4v) is 2.60. The average Bonchev–Trinajstić information content (AvgIpc) is 2.67. The summed E-state index contributed by atoms with van der Waals surface area (Å²) in [5, 5.41) is 14.1. The van der Waals surface area contributed by atoms with Gasteiger partial charge in [0, 0.05) is 12.8 Å². The van der Waals surface area contributed by atoms with Crippen LogP contribution in [0.5, 0.6) is 0 Å². The lowest BCUT2D eigenvalue weighted by molar-refractivity contribution is 0.623. The molecule has 0 saturated carbocycles. The predicted molar refractivity (Wildman–Crippen MR) is 68.6 cm³/mol. The quantitative estimate of drug-likeness (QED) is 0.797. The van der Waals surface area contributed by atoms with E-state index in [0.29, 0.717) is 5.75 Å². The van der Waals surface area contributed by atoms with E-state index in [1.807, 2.05) is 30.8 Å². The van der Waals surface area contributed by atoms with Crippen molar-refractivity contribution in [2.24, 2.45) is 7.05 Å². The highest BCUT2D eigenvalue weighted by Crippen LogP contribution is 2.23. The highest BCUT2D eigenvalue weighted by Gasteiger charge is 2.06. The largest absolute Gasteiger partial charge is 0.262 e. The lowest BCUT2D eigenvalue weighted by Gasteiger charge is -2.03. The summed E-state index contributed by atoms with van der Waals surface area (Å²) >= 11 is 1.61. The van der Waals surface area contributed by atoms with Gasteiger partial charge in [-0.25, -0.2) is 4.39 Å². The smallest absolute Gasteiger partial charge is 0.140 e. The minimum atomic E-state index is -0.470. The molecule has 0 amide bonds. The van der Waals surface area contributed by atoms with Crippen LogP contribution in [0.2, 0.25) is 0 Å². The van der Waals surface area contributed by atoms with Gasteiger partial charge < -0.3 is 0 Å². The molecule has 3 nitrogen and oxygen atoms in total. The topological polar surface area (TPSA) is 41.6 Å². The van der Waals surface area contributed by atoms with Crippen molar-refractivity contribution in [3.05, 3.63) is 46.9 Å². The molecule has 0 aliphatic carbocycles. The molecule has 5 heteroatoms. The fourth-order valence-electron chi connectivity index (χ4n) is 1.63. The Kier molecular flexibility index (Phi) is 3.68. The second kappa shape index (κ2) is 5.23. The highest BCUT2D eigenvalue weighted by molar-refractivity contribution is 7.98. The van der Waals surface area contributed by atoms with Gasteiger partial charge in [0.1, 0.15) is 11.9 Å². The molecule has 1 aromatic carbocycles. The van der Waals surface area contributed by atoms with Crippen molar-refractivity contribution in [1.29, 1.82) is 5.26 Å². The first-order valence-corrected chi connectivity index (χ1v) is 6.40. The number of nitrogens with zero attached hydrogens (tertiary/aromatic N) is 3. The zero-order valence-corrected chi connectivity index (χ0v) is 11.0. The number of benzene rings is 1. The second-order valence-electron chi connectivity index (χ2n) is 3.96. The Labute approximate surface area is 109 Å². The maximum absolute atomic E-state index is 13.2. The van der Waals surface area contributed by atoms with Crippen LogP contribution in [-0.4, -0.2) is 9.78 Å². The molecule has 0 unspecified atom stereocenters. The van der Waals surface area contributed by atoms with Crippen molar-refractivity contribution in [2.75, 3.05) is 0 Å². The Balaban J connectivity index is 2.11. The predicted octanol–water partition coefficient (Wildman–Crippen LogP) is 3.03. The second-order valence-corrected chi connectivity index (χ2v) is 4.96. The van der Waals surface area contributed by atoms with E-state index in [4.69, 9.17) is 5.26 Å². The number of thioether (sulfide) groups is 1. The average molecular weight is 261 g/mol. The molecule has 2 aromatic rings. The molecule has 1 aromatic heterocycles. The van der Waals surface area contributed by atoms with Crippen molar-refractivity contribution in [1.82, 2.24) is 9.78 Å². The zero-order valence-electron chi connectivity index (χ0n) is 10.1. The Morgan fingerprint density at radius 1 is 1.44 bits per heavy atom. The number of hydrogen-bond acceptors (Lipinski definition) is 3. The van der Waals surface area contributed by atoms with Gasteiger partial charge in [-0.1, -0.05) is 6.07 Å². The fraction of sp³-hybridized carbons (Fsp3) is 0.231. The van der Waals surface area contributed by atoms with Gasteiger partial charge in [0.25, 0.3) is 0 Å². The van der Waals surface area contributed by atoms with Gasteiger partial charge >= 0.3 is 0 Å². The van der Waals surface area contributed by atoms with Crippen molar-refractivity contribution in [3.8, 4) is 6.07 Å². The van der Waals surface area contributed by atoms with E-state index < -0.39 is 5.82 Å². The van der Waals surface area contributed by atoms with Gasteiger partial charge in [0.2, 0.25) is 0 Å². The third-order valence-corrected chi connectivity index (χ3v) is 3.65. The lowest BCUT2D eigenvalue weighted by atomic mass is 10.1. The van der Waals surface area contributed by atoms with E-state index in [9.17, 15) is 4.39 Å². The number of nitriles is 1. The van der Waals surface area contributed by atoms with Crippen LogP contribution in [-0.2, 0) is 12.8 Å². The highest BCUT2D eigenvalue weighted by atomic mass is 32.2. The zero-order chi connectivity index (χ0) is 13.1. The molecular formula is C13H12FN3S. The molecule has 2 rings (SSSR count). The van der Waals surface area contributed by atoms with Crippen molar-refractivity contribution in [3.63, 3.8) is 0 Å². The maximum Gasteiger partial charge on any atom is 0.140 e. The van der Waals surface area contributed by atoms with E-state index in [0.717, 1.165) is 16.3 Å². The van der Waals surface area contributed by atoms with Crippen LogP contribution in [0.25, 0.3) is 0 Å². The molecule has 0 saturated heterocycles. The van der Waals surface area contributed by atoms with Crippen molar-refractivity contribution >= 4 is 11.8 Å². The number of hydrogen-bond donors (Lipinski definition) is 0. The Morgan fingerprint density at radius 2 is 2.22 bits per heavy atom. The summed E-state index contributed by atoms with van der Waals surface area (Å²) in [6.45, 7) is 1.94. The van der Waals surface area contributed by atoms with Gasteiger partial charge in [-0.3, -0.25) is 4.68 Å². The number of halogens is 1. The third-order valence-electron chi connectivity index (χ3n) is 2.50. The van der Waals surface area contributed by atoms with Crippen LogP contribution in [0.1, 0.15) is 16.8 Å². The third kappa shape index (κ3) is 2.71. The molecule has 0 atom stereocenters. The van der Waals surface area contributed by atoms with Crippen LogP contribution < -0.4 is 0 Å². The van der Waals surface area contributed by atoms with Crippen molar-refractivity contribution < 1.29 is 4.39 Å². The minimum Gasteiger partial charge on any atom is -0.262 e. The molecule has 0 radical (unpaired) electrons. The van der Waals surface area contributed by atoms with E-state index in [2.05, 4.69) is 5.10 Å². The van der Waals surface area contributed by atoms with E-state index in [1.165, 1.54) is 6.07 Å². The summed E-state index contributed by atoms with van der Waals surface area (Å²) in [5.41, 5.74) is 1.99. The molecule has 0 bridgehead atoms. The lowest BCUT2D eigenvalue weighted by Crippen LogP contribution is -1.93. The van der Waals surface area contributed by atoms with Gasteiger partial charge in [0.05, 0.1) is 16.3 Å². The minimum absolute atomic E-state index is 0.0919. The molecule has 1 heterocycles. The summed E-state index contributed by atoms with van der Waals surface area (Å²) in [4.78, 5) is 0. The first-order chi connectivity index (χ1) is 8.60. The first kappa shape index (κ1) is 12.7. The molecule has 92 valence electrons. The van der Waals surface area contributed by atoms with Crippen LogP contribution in [0.3, 0.4) is 0 Å². The maximum atomic E-state index is 13.2. The van der Waals surface area contributed by atoms with Crippen LogP contribution in [0.4, 0.5) is 4.39 Å². The Morgan fingerprint density at radius 3 is 2.83 bits per heavy atom. The van der Waals surface area contributed by atoms with Gasteiger partial charge in [-0.15, -0.1) is 11.8 Å². The monoisotopic (exact) mass is 261 g/mol. The number of aromatic nitrogens is 2. The normalized spacial score (nSPS) is 10.3.